The summed E-state index contributed by atoms with van der Waals surface area (Å²) in [5.41, 5.74) is 0.724. The first kappa shape index (κ1) is 27.5. The molecule has 0 aliphatic rings. The second kappa shape index (κ2) is 11.7. The summed E-state index contributed by atoms with van der Waals surface area (Å²) in [5.74, 6) is -2.23. The van der Waals surface area contributed by atoms with Crippen LogP contribution in [-0.2, 0) is 18.8 Å². The Morgan fingerprint density at radius 1 is 0.889 bits per heavy atom. The minimum Gasteiger partial charge on any atom is -0.479 e. The highest BCUT2D eigenvalue weighted by atomic mass is 28.4. The summed E-state index contributed by atoms with van der Waals surface area (Å²) >= 11 is 0. The van der Waals surface area contributed by atoms with Crippen molar-refractivity contribution in [3.8, 4) is 0 Å². The molecule has 0 heterocycles. The number of carbonyl (C=O) groups is 2. The number of carboxylic acid groups (broad SMARTS) is 1. The number of methoxy groups -OCH3 is 1. The average Bonchev–Trinajstić information content (AvgIpc) is 2.85. The first-order valence-corrected chi connectivity index (χ1v) is 13.8. The van der Waals surface area contributed by atoms with E-state index in [2.05, 4.69) is 45.0 Å². The predicted octanol–water partition coefficient (Wildman–Crippen LogP) is 4.89. The number of ether oxygens (including phenoxy) is 1. The average molecular weight is 509 g/mol. The van der Waals surface area contributed by atoms with Gasteiger partial charge in [0.05, 0.1) is 6.10 Å². The van der Waals surface area contributed by atoms with Gasteiger partial charge in [-0.1, -0.05) is 93.6 Å². The number of ketones is 1. The van der Waals surface area contributed by atoms with Crippen molar-refractivity contribution in [2.45, 2.75) is 50.9 Å². The number of carbonyl (C=O) groups excluding carboxylic acids is 1. The third-order valence-electron chi connectivity index (χ3n) is 6.38. The van der Waals surface area contributed by atoms with E-state index in [0.717, 1.165) is 15.9 Å². The van der Waals surface area contributed by atoms with Crippen LogP contribution in [0.5, 0.6) is 0 Å². The molecule has 1 N–H and O–H groups in total. The zero-order valence-corrected chi connectivity index (χ0v) is 22.1. The monoisotopic (exact) mass is 508 g/mol. The summed E-state index contributed by atoms with van der Waals surface area (Å²) in [5, 5.41) is 11.2. The standard InChI is InChI=1S/C29H33FO5Si/c1-29(2,3)36(23-11-7-5-8-12-23,24-13-9-6-10-14-24)35-26(21-15-17-22(30)18-16-21)20-19-25(31)27(34-4)28(32)33/h5-18,26-27H,19-20H2,1-4H3,(H,32,33). The zero-order chi connectivity index (χ0) is 26.3. The van der Waals surface area contributed by atoms with Gasteiger partial charge < -0.3 is 14.3 Å². The van der Waals surface area contributed by atoms with E-state index in [1.807, 2.05) is 36.4 Å². The minimum atomic E-state index is -2.99. The smallest absolute Gasteiger partial charge is 0.340 e. The van der Waals surface area contributed by atoms with Crippen molar-refractivity contribution in [1.29, 1.82) is 0 Å². The molecule has 7 heteroatoms. The third-order valence-corrected chi connectivity index (χ3v) is 11.4. The minimum absolute atomic E-state index is 0.0644. The lowest BCUT2D eigenvalue weighted by Crippen LogP contribution is -2.66. The summed E-state index contributed by atoms with van der Waals surface area (Å²) in [6.45, 7) is 6.45. The molecule has 3 rings (SSSR count). The Morgan fingerprint density at radius 2 is 1.39 bits per heavy atom. The maximum absolute atomic E-state index is 13.8. The Labute approximate surface area is 213 Å². The molecule has 0 bridgehead atoms. The van der Waals surface area contributed by atoms with Gasteiger partial charge in [-0.15, -0.1) is 0 Å². The molecular formula is C29H33FO5Si. The van der Waals surface area contributed by atoms with E-state index >= 15 is 0 Å². The second-order valence-corrected chi connectivity index (χ2v) is 14.0. The molecule has 36 heavy (non-hydrogen) atoms. The van der Waals surface area contributed by atoms with Crippen molar-refractivity contribution in [2.24, 2.45) is 0 Å². The van der Waals surface area contributed by atoms with Crippen molar-refractivity contribution in [3.63, 3.8) is 0 Å². The molecule has 3 aromatic carbocycles. The van der Waals surface area contributed by atoms with E-state index in [9.17, 15) is 19.1 Å². The lowest BCUT2D eigenvalue weighted by molar-refractivity contribution is -0.154. The molecule has 0 radical (unpaired) electrons. The maximum Gasteiger partial charge on any atom is 0.340 e. The van der Waals surface area contributed by atoms with Crippen LogP contribution in [0.15, 0.2) is 84.9 Å². The van der Waals surface area contributed by atoms with Crippen LogP contribution in [0.4, 0.5) is 4.39 Å². The molecule has 5 nitrogen and oxygen atoms in total. The first-order chi connectivity index (χ1) is 17.1. The molecule has 0 spiro atoms. The number of halogens is 1. The topological polar surface area (TPSA) is 72.8 Å². The fourth-order valence-electron chi connectivity index (χ4n) is 4.65. The Balaban J connectivity index is 2.12. The maximum atomic E-state index is 13.8. The van der Waals surface area contributed by atoms with Gasteiger partial charge in [-0.05, 0) is 39.5 Å². The van der Waals surface area contributed by atoms with Crippen molar-refractivity contribution < 1.29 is 28.2 Å². The summed E-state index contributed by atoms with van der Waals surface area (Å²) in [4.78, 5) is 24.1. The molecular weight excluding hydrogens is 475 g/mol. The number of rotatable bonds is 11. The van der Waals surface area contributed by atoms with Gasteiger partial charge in [-0.25, -0.2) is 9.18 Å². The fourth-order valence-corrected chi connectivity index (χ4v) is 9.35. The molecule has 0 amide bonds. The van der Waals surface area contributed by atoms with Gasteiger partial charge in [0, 0.05) is 13.5 Å². The second-order valence-electron chi connectivity index (χ2n) is 9.78. The molecule has 0 aromatic heterocycles. The highest BCUT2D eigenvalue weighted by Crippen LogP contribution is 2.41. The van der Waals surface area contributed by atoms with E-state index in [1.54, 1.807) is 12.1 Å². The number of carboxylic acids is 1. The van der Waals surface area contributed by atoms with Crippen LogP contribution in [-0.4, -0.2) is 38.4 Å². The van der Waals surface area contributed by atoms with Crippen molar-refractivity contribution in [2.75, 3.05) is 7.11 Å². The van der Waals surface area contributed by atoms with Crippen LogP contribution in [0.2, 0.25) is 5.04 Å². The summed E-state index contributed by atoms with van der Waals surface area (Å²) in [7, 11) is -1.79. The van der Waals surface area contributed by atoms with Gasteiger partial charge in [-0.3, -0.25) is 4.79 Å². The number of benzene rings is 3. The normalized spacial score (nSPS) is 13.7. The zero-order valence-electron chi connectivity index (χ0n) is 21.1. The van der Waals surface area contributed by atoms with E-state index < -0.39 is 32.3 Å². The largest absolute Gasteiger partial charge is 0.479 e. The number of aliphatic carboxylic acids is 1. The highest BCUT2D eigenvalue weighted by molar-refractivity contribution is 6.99. The molecule has 0 saturated heterocycles. The predicted molar refractivity (Wildman–Crippen MR) is 141 cm³/mol. The van der Waals surface area contributed by atoms with Crippen LogP contribution in [0.3, 0.4) is 0 Å². The highest BCUT2D eigenvalue weighted by Gasteiger charge is 2.51. The number of hydrogen-bond donors (Lipinski definition) is 1. The Hall–Kier alpha value is -3.13. The first-order valence-electron chi connectivity index (χ1n) is 11.9. The van der Waals surface area contributed by atoms with E-state index in [-0.39, 0.29) is 23.7 Å². The van der Waals surface area contributed by atoms with Gasteiger partial charge in [0.25, 0.3) is 8.32 Å². The van der Waals surface area contributed by atoms with Crippen molar-refractivity contribution in [3.05, 3.63) is 96.3 Å². The lowest BCUT2D eigenvalue weighted by atomic mass is 10.0. The molecule has 2 atom stereocenters. The van der Waals surface area contributed by atoms with Crippen LogP contribution < -0.4 is 10.4 Å². The van der Waals surface area contributed by atoms with Crippen LogP contribution >= 0.6 is 0 Å². The molecule has 3 aromatic rings. The molecule has 0 aliphatic heterocycles. The van der Waals surface area contributed by atoms with E-state index in [1.165, 1.54) is 19.2 Å². The van der Waals surface area contributed by atoms with E-state index in [0.29, 0.717) is 0 Å². The quantitative estimate of drug-likeness (QED) is 0.295. The summed E-state index contributed by atoms with van der Waals surface area (Å²) < 4.78 is 25.9. The molecule has 2 unspecified atom stereocenters. The molecule has 0 saturated carbocycles. The van der Waals surface area contributed by atoms with Gasteiger partial charge in [0.15, 0.2) is 5.78 Å². The molecule has 0 aliphatic carbocycles. The number of Topliss-reactive ketones (excluding diaryl/α,β-unsaturated/α-hetero) is 1. The Kier molecular flexibility index (Phi) is 8.95. The van der Waals surface area contributed by atoms with Crippen molar-refractivity contribution >= 4 is 30.4 Å². The summed E-state index contributed by atoms with van der Waals surface area (Å²) in [6.07, 6.45) is -1.95. The molecule has 0 fully saturated rings. The van der Waals surface area contributed by atoms with Crippen LogP contribution in [0, 0.1) is 5.82 Å². The van der Waals surface area contributed by atoms with Gasteiger partial charge in [0.2, 0.25) is 6.10 Å². The Morgan fingerprint density at radius 3 is 1.81 bits per heavy atom. The lowest BCUT2D eigenvalue weighted by Gasteiger charge is -2.45. The van der Waals surface area contributed by atoms with Crippen LogP contribution in [0.25, 0.3) is 0 Å². The third kappa shape index (κ3) is 5.98. The fraction of sp³-hybridized carbons (Fsp3) is 0.310. The van der Waals surface area contributed by atoms with E-state index in [4.69, 9.17) is 9.16 Å². The Bertz CT molecular complexity index is 1100. The number of hydrogen-bond acceptors (Lipinski definition) is 4. The van der Waals surface area contributed by atoms with Crippen molar-refractivity contribution in [1.82, 2.24) is 0 Å². The summed E-state index contributed by atoms with van der Waals surface area (Å²) in [6, 6.07) is 26.2. The van der Waals surface area contributed by atoms with Gasteiger partial charge >= 0.3 is 5.97 Å². The van der Waals surface area contributed by atoms with Crippen LogP contribution in [0.1, 0.15) is 45.3 Å². The molecule has 190 valence electrons. The van der Waals surface area contributed by atoms with Gasteiger partial charge in [0.1, 0.15) is 5.82 Å². The van der Waals surface area contributed by atoms with Gasteiger partial charge in [-0.2, -0.15) is 0 Å². The SMILES string of the molecule is COC(C(=O)O)C(=O)CCC(O[Si](c1ccccc1)(c1ccccc1)C(C)(C)C)c1ccc(F)cc1.